The number of hydrogen-bond acceptors (Lipinski definition) is 4. The highest BCUT2D eigenvalue weighted by atomic mass is 15.3. The molecule has 1 aliphatic heterocycles. The van der Waals surface area contributed by atoms with Crippen molar-refractivity contribution in [3.8, 4) is 11.3 Å². The van der Waals surface area contributed by atoms with E-state index in [9.17, 15) is 0 Å². The smallest absolute Gasteiger partial charge is 0.151 e. The van der Waals surface area contributed by atoms with Crippen LogP contribution in [0, 0.1) is 0 Å². The first kappa shape index (κ1) is 12.1. The number of rotatable bonds is 2. The van der Waals surface area contributed by atoms with Crippen molar-refractivity contribution in [1.82, 2.24) is 15.5 Å². The lowest BCUT2D eigenvalue weighted by Crippen LogP contribution is -2.50. The number of nitrogens with one attached hydrogen (secondary N) is 1. The van der Waals surface area contributed by atoms with Gasteiger partial charge in [0.2, 0.25) is 0 Å². The van der Waals surface area contributed by atoms with Crippen LogP contribution in [0.4, 0.5) is 5.82 Å². The second-order valence-electron chi connectivity index (χ2n) is 4.89. The second kappa shape index (κ2) is 5.36. The first-order chi connectivity index (χ1) is 9.34. The van der Waals surface area contributed by atoms with Gasteiger partial charge < -0.3 is 10.2 Å². The van der Waals surface area contributed by atoms with Crippen LogP contribution < -0.4 is 10.2 Å². The zero-order valence-corrected chi connectivity index (χ0v) is 11.1. The summed E-state index contributed by atoms with van der Waals surface area (Å²) in [6.45, 7) is 5.20. The van der Waals surface area contributed by atoms with E-state index in [1.165, 1.54) is 0 Å². The highest BCUT2D eigenvalue weighted by Crippen LogP contribution is 2.19. The Morgan fingerprint density at radius 1 is 1.11 bits per heavy atom. The molecule has 0 aliphatic carbocycles. The molecule has 2 heterocycles. The Labute approximate surface area is 113 Å². The van der Waals surface area contributed by atoms with Gasteiger partial charge in [-0.05, 0) is 19.1 Å². The van der Waals surface area contributed by atoms with Crippen molar-refractivity contribution in [2.45, 2.75) is 13.0 Å². The predicted octanol–water partition coefficient (Wildman–Crippen LogP) is 1.94. The fourth-order valence-corrected chi connectivity index (χ4v) is 2.42. The topological polar surface area (TPSA) is 41.0 Å². The van der Waals surface area contributed by atoms with Crippen LogP contribution >= 0.6 is 0 Å². The van der Waals surface area contributed by atoms with Crippen molar-refractivity contribution in [3.05, 3.63) is 42.5 Å². The Hall–Kier alpha value is -1.94. The number of nitrogens with zero attached hydrogens (tertiary/aromatic N) is 3. The fraction of sp³-hybridized carbons (Fsp3) is 0.333. The van der Waals surface area contributed by atoms with Gasteiger partial charge in [0.05, 0.1) is 5.69 Å². The van der Waals surface area contributed by atoms with Crippen molar-refractivity contribution < 1.29 is 0 Å². The molecule has 1 N–H and O–H groups in total. The van der Waals surface area contributed by atoms with Crippen LogP contribution in [-0.4, -0.2) is 35.9 Å². The van der Waals surface area contributed by atoms with Crippen LogP contribution in [0.2, 0.25) is 0 Å². The molecule has 0 amide bonds. The van der Waals surface area contributed by atoms with Crippen LogP contribution in [0.15, 0.2) is 42.5 Å². The summed E-state index contributed by atoms with van der Waals surface area (Å²) in [6.07, 6.45) is 0. The molecule has 0 saturated carbocycles. The molecule has 1 aromatic carbocycles. The van der Waals surface area contributed by atoms with E-state index in [0.29, 0.717) is 6.04 Å². The zero-order chi connectivity index (χ0) is 13.1. The lowest BCUT2D eigenvalue weighted by atomic mass is 10.1. The Kier molecular flexibility index (Phi) is 3.42. The fourth-order valence-electron chi connectivity index (χ4n) is 2.42. The van der Waals surface area contributed by atoms with Gasteiger partial charge in [0, 0.05) is 31.2 Å². The Bertz CT molecular complexity index is 524. The van der Waals surface area contributed by atoms with E-state index in [4.69, 9.17) is 0 Å². The molecule has 19 heavy (non-hydrogen) atoms. The normalized spacial score (nSPS) is 19.4. The molecule has 4 nitrogen and oxygen atoms in total. The van der Waals surface area contributed by atoms with Crippen LogP contribution in [0.5, 0.6) is 0 Å². The van der Waals surface area contributed by atoms with Gasteiger partial charge in [0.15, 0.2) is 5.82 Å². The van der Waals surface area contributed by atoms with Gasteiger partial charge in [-0.25, -0.2) is 0 Å². The van der Waals surface area contributed by atoms with E-state index in [1.807, 2.05) is 24.3 Å². The number of anilines is 1. The summed E-state index contributed by atoms with van der Waals surface area (Å²) < 4.78 is 0. The molecule has 1 fully saturated rings. The minimum atomic E-state index is 0.464. The average molecular weight is 254 g/mol. The third kappa shape index (κ3) is 2.58. The summed E-state index contributed by atoms with van der Waals surface area (Å²) in [5.41, 5.74) is 2.03. The number of aromatic nitrogens is 2. The lowest BCUT2D eigenvalue weighted by Gasteiger charge is -2.34. The molecule has 4 heteroatoms. The summed E-state index contributed by atoms with van der Waals surface area (Å²) in [4.78, 5) is 2.30. The standard InChI is InChI=1S/C15H18N4/c1-12-11-16-9-10-19(12)15-8-7-14(17-18-15)13-5-3-2-4-6-13/h2-8,12,16H,9-11H2,1H3. The molecule has 0 radical (unpaired) electrons. The molecule has 3 rings (SSSR count). The van der Waals surface area contributed by atoms with Crippen molar-refractivity contribution in [1.29, 1.82) is 0 Å². The summed E-state index contributed by atoms with van der Waals surface area (Å²) >= 11 is 0. The van der Waals surface area contributed by atoms with Gasteiger partial charge in [-0.2, -0.15) is 0 Å². The zero-order valence-electron chi connectivity index (χ0n) is 11.1. The average Bonchev–Trinajstić information content (AvgIpc) is 2.49. The Morgan fingerprint density at radius 3 is 2.63 bits per heavy atom. The third-order valence-electron chi connectivity index (χ3n) is 3.52. The molecule has 98 valence electrons. The quantitative estimate of drug-likeness (QED) is 0.889. The maximum Gasteiger partial charge on any atom is 0.151 e. The summed E-state index contributed by atoms with van der Waals surface area (Å²) in [5, 5.41) is 12.1. The minimum absolute atomic E-state index is 0.464. The maximum absolute atomic E-state index is 4.38. The predicted molar refractivity (Wildman–Crippen MR) is 77.1 cm³/mol. The van der Waals surface area contributed by atoms with E-state index >= 15 is 0 Å². The van der Waals surface area contributed by atoms with Crippen molar-refractivity contribution in [3.63, 3.8) is 0 Å². The summed E-state index contributed by atoms with van der Waals surface area (Å²) in [7, 11) is 0. The van der Waals surface area contributed by atoms with Crippen LogP contribution in [0.25, 0.3) is 11.3 Å². The molecule has 1 unspecified atom stereocenters. The highest BCUT2D eigenvalue weighted by Gasteiger charge is 2.19. The molecule has 1 saturated heterocycles. The number of piperazine rings is 1. The van der Waals surface area contributed by atoms with Gasteiger partial charge in [-0.15, -0.1) is 10.2 Å². The van der Waals surface area contributed by atoms with E-state index < -0.39 is 0 Å². The van der Waals surface area contributed by atoms with Crippen LogP contribution in [-0.2, 0) is 0 Å². The first-order valence-corrected chi connectivity index (χ1v) is 6.71. The molecule has 1 aromatic heterocycles. The van der Waals surface area contributed by atoms with E-state index in [-0.39, 0.29) is 0 Å². The SMILES string of the molecule is CC1CNCCN1c1ccc(-c2ccccc2)nn1. The highest BCUT2D eigenvalue weighted by molar-refractivity contribution is 5.59. The summed E-state index contributed by atoms with van der Waals surface area (Å²) in [6, 6.07) is 14.7. The molecular formula is C15H18N4. The monoisotopic (exact) mass is 254 g/mol. The molecule has 0 bridgehead atoms. The summed E-state index contributed by atoms with van der Waals surface area (Å²) in [5.74, 6) is 0.966. The minimum Gasteiger partial charge on any atom is -0.350 e. The maximum atomic E-state index is 4.38. The molecule has 2 aromatic rings. The number of benzene rings is 1. The first-order valence-electron chi connectivity index (χ1n) is 6.71. The van der Waals surface area contributed by atoms with Crippen molar-refractivity contribution in [2.24, 2.45) is 0 Å². The lowest BCUT2D eigenvalue weighted by molar-refractivity contribution is 0.495. The van der Waals surface area contributed by atoms with E-state index in [0.717, 1.165) is 36.7 Å². The van der Waals surface area contributed by atoms with E-state index in [2.05, 4.69) is 45.5 Å². The third-order valence-corrected chi connectivity index (χ3v) is 3.52. The van der Waals surface area contributed by atoms with Gasteiger partial charge in [-0.1, -0.05) is 30.3 Å². The van der Waals surface area contributed by atoms with Crippen molar-refractivity contribution >= 4 is 5.82 Å². The van der Waals surface area contributed by atoms with Crippen LogP contribution in [0.3, 0.4) is 0 Å². The van der Waals surface area contributed by atoms with Gasteiger partial charge >= 0.3 is 0 Å². The number of hydrogen-bond donors (Lipinski definition) is 1. The van der Waals surface area contributed by atoms with Gasteiger partial charge in [0.25, 0.3) is 0 Å². The largest absolute Gasteiger partial charge is 0.350 e. The molecule has 0 spiro atoms. The Morgan fingerprint density at radius 2 is 1.95 bits per heavy atom. The van der Waals surface area contributed by atoms with Gasteiger partial charge in [0.1, 0.15) is 0 Å². The van der Waals surface area contributed by atoms with E-state index in [1.54, 1.807) is 0 Å². The van der Waals surface area contributed by atoms with Gasteiger partial charge in [-0.3, -0.25) is 0 Å². The Balaban J connectivity index is 1.83. The molecular weight excluding hydrogens is 236 g/mol. The molecule has 1 atom stereocenters. The second-order valence-corrected chi connectivity index (χ2v) is 4.89. The van der Waals surface area contributed by atoms with Crippen LogP contribution in [0.1, 0.15) is 6.92 Å². The van der Waals surface area contributed by atoms with Crippen molar-refractivity contribution in [2.75, 3.05) is 24.5 Å². The molecule has 1 aliphatic rings.